The monoisotopic (exact) mass is 706 g/mol. The van der Waals surface area contributed by atoms with Crippen molar-refractivity contribution >= 4 is 47.4 Å². The predicted molar refractivity (Wildman–Crippen MR) is 172 cm³/mol. The van der Waals surface area contributed by atoms with E-state index >= 15 is 0 Å². The quantitative estimate of drug-likeness (QED) is 0.158. The van der Waals surface area contributed by atoms with E-state index in [4.69, 9.17) is 28.4 Å². The summed E-state index contributed by atoms with van der Waals surface area (Å²) in [6, 6.07) is 0. The third-order valence-electron chi connectivity index (χ3n) is 8.56. The highest BCUT2D eigenvalue weighted by Crippen LogP contribution is 2.54. The standard InChI is InChI=1S/C35H46O15/c1-12-24(32(43)44)15-45-28-27(47-20(5)37)18(3)26(46-19(4)36)25-31(48-21(6)38)34(11,49-22(7)39)16-35(25,50-23(8)40)29(41)17(2)13-14-33(9,10)30(28)42/h12-14,17,25-28,31H,3,15-16H2,1-2,4-11H3,(H,43,44). The van der Waals surface area contributed by atoms with Gasteiger partial charge in [-0.3, -0.25) is 33.6 Å². The van der Waals surface area contributed by atoms with Crippen LogP contribution < -0.4 is 0 Å². The maximum atomic E-state index is 14.7. The van der Waals surface area contributed by atoms with Gasteiger partial charge in [-0.2, -0.15) is 0 Å². The van der Waals surface area contributed by atoms with Crippen LogP contribution in [0.25, 0.3) is 0 Å². The first-order valence-corrected chi connectivity index (χ1v) is 15.8. The van der Waals surface area contributed by atoms with Crippen molar-refractivity contribution in [2.75, 3.05) is 6.61 Å². The normalized spacial score (nSPS) is 31.3. The molecule has 0 saturated heterocycles. The number of carboxylic acids is 1. The summed E-state index contributed by atoms with van der Waals surface area (Å²) >= 11 is 0. The number of carbonyl (C=O) groups is 8. The second-order valence-electron chi connectivity index (χ2n) is 13.2. The largest absolute Gasteiger partial charge is 0.478 e. The van der Waals surface area contributed by atoms with Gasteiger partial charge >= 0.3 is 35.8 Å². The number of fused-ring (bicyclic) bond motifs is 1. The molecular formula is C35H46O15. The summed E-state index contributed by atoms with van der Waals surface area (Å²) in [5.74, 6) is -10.5. The number of carboxylic acid groups (broad SMARTS) is 1. The van der Waals surface area contributed by atoms with Gasteiger partial charge in [0.2, 0.25) is 0 Å². The maximum absolute atomic E-state index is 14.7. The summed E-state index contributed by atoms with van der Waals surface area (Å²) in [5.41, 5.74) is -6.40. The Morgan fingerprint density at radius 2 is 1.34 bits per heavy atom. The van der Waals surface area contributed by atoms with E-state index in [1.165, 1.54) is 52.8 Å². The van der Waals surface area contributed by atoms with E-state index in [0.29, 0.717) is 0 Å². The van der Waals surface area contributed by atoms with Crippen LogP contribution >= 0.6 is 0 Å². The molecule has 1 fully saturated rings. The zero-order valence-electron chi connectivity index (χ0n) is 30.0. The van der Waals surface area contributed by atoms with Crippen LogP contribution in [-0.2, 0) is 66.8 Å². The molecule has 2 aliphatic rings. The summed E-state index contributed by atoms with van der Waals surface area (Å²) in [6.07, 6.45) is -3.80. The minimum atomic E-state index is -2.37. The molecular weight excluding hydrogens is 660 g/mol. The SMILES string of the molecule is C=C1C(OC(C)=O)C(OCC(=CC)C(=O)O)C(=O)C(C)(C)C=CC(C)C(=O)C2(OC(C)=O)CC(C)(OC(C)=O)C(OC(C)=O)C2C1OC(C)=O. The van der Waals surface area contributed by atoms with Gasteiger partial charge in [-0.25, -0.2) is 4.79 Å². The fourth-order valence-corrected chi connectivity index (χ4v) is 6.52. The van der Waals surface area contributed by atoms with E-state index in [2.05, 4.69) is 6.58 Å². The van der Waals surface area contributed by atoms with Gasteiger partial charge in [-0.05, 0) is 27.7 Å². The molecule has 15 nitrogen and oxygen atoms in total. The van der Waals surface area contributed by atoms with Gasteiger partial charge in [0.15, 0.2) is 41.1 Å². The van der Waals surface area contributed by atoms with Gasteiger partial charge in [-0.1, -0.05) is 31.7 Å². The molecule has 0 spiro atoms. The number of aliphatic carboxylic acids is 1. The molecule has 1 N–H and O–H groups in total. The van der Waals surface area contributed by atoms with Crippen molar-refractivity contribution in [3.8, 4) is 0 Å². The number of Topliss-reactive ketones (excluding diaryl/α,β-unsaturated/α-hetero) is 2. The van der Waals surface area contributed by atoms with Crippen LogP contribution in [0.5, 0.6) is 0 Å². The Bertz CT molecular complexity index is 1500. The number of esters is 5. The summed E-state index contributed by atoms with van der Waals surface area (Å²) in [5, 5.41) is 9.64. The van der Waals surface area contributed by atoms with E-state index in [9.17, 15) is 43.5 Å². The average molecular weight is 707 g/mol. The van der Waals surface area contributed by atoms with E-state index in [1.807, 2.05) is 0 Å². The molecule has 0 aliphatic heterocycles. The second kappa shape index (κ2) is 15.9. The number of hydrogen-bond acceptors (Lipinski definition) is 14. The first-order chi connectivity index (χ1) is 22.9. The summed E-state index contributed by atoms with van der Waals surface area (Å²) < 4.78 is 34.5. The van der Waals surface area contributed by atoms with Crippen molar-refractivity contribution in [2.24, 2.45) is 17.3 Å². The number of hydrogen-bond donors (Lipinski definition) is 1. The second-order valence-corrected chi connectivity index (χ2v) is 13.2. The van der Waals surface area contributed by atoms with E-state index in [-0.39, 0.29) is 5.57 Å². The van der Waals surface area contributed by atoms with Crippen LogP contribution in [0.1, 0.15) is 75.7 Å². The number of allylic oxidation sites excluding steroid dienone is 3. The van der Waals surface area contributed by atoms with Gasteiger partial charge in [0.1, 0.15) is 6.10 Å². The predicted octanol–water partition coefficient (Wildman–Crippen LogP) is 2.77. The molecule has 0 radical (unpaired) electrons. The van der Waals surface area contributed by atoms with Crippen molar-refractivity contribution in [3.05, 3.63) is 36.0 Å². The molecule has 2 rings (SSSR count). The van der Waals surface area contributed by atoms with Gasteiger partial charge in [-0.15, -0.1) is 0 Å². The molecule has 276 valence electrons. The highest BCUT2D eigenvalue weighted by molar-refractivity contribution is 5.95. The highest BCUT2D eigenvalue weighted by Gasteiger charge is 2.72. The lowest BCUT2D eigenvalue weighted by molar-refractivity contribution is -0.190. The minimum Gasteiger partial charge on any atom is -0.478 e. The number of carbonyl (C=O) groups excluding carboxylic acids is 7. The lowest BCUT2D eigenvalue weighted by Gasteiger charge is -2.42. The van der Waals surface area contributed by atoms with Gasteiger partial charge in [0.25, 0.3) is 0 Å². The first-order valence-electron chi connectivity index (χ1n) is 15.8. The highest BCUT2D eigenvalue weighted by atomic mass is 16.6. The topological polar surface area (TPSA) is 212 Å². The smallest absolute Gasteiger partial charge is 0.333 e. The Kier molecular flexibility index (Phi) is 13.2. The lowest BCUT2D eigenvalue weighted by atomic mass is 9.72. The molecule has 0 amide bonds. The van der Waals surface area contributed by atoms with Gasteiger partial charge in [0, 0.05) is 57.9 Å². The van der Waals surface area contributed by atoms with Crippen LogP contribution in [0, 0.1) is 17.3 Å². The Labute approximate surface area is 290 Å². The third-order valence-corrected chi connectivity index (χ3v) is 8.56. The summed E-state index contributed by atoms with van der Waals surface area (Å²) in [6.45, 7) is 15.7. The molecule has 1 saturated carbocycles. The molecule has 8 atom stereocenters. The van der Waals surface area contributed by atoms with Crippen molar-refractivity contribution in [1.29, 1.82) is 0 Å². The zero-order valence-corrected chi connectivity index (χ0v) is 30.0. The Morgan fingerprint density at radius 1 is 0.820 bits per heavy atom. The van der Waals surface area contributed by atoms with Gasteiger partial charge in [0.05, 0.1) is 18.1 Å². The van der Waals surface area contributed by atoms with Crippen LogP contribution in [0.4, 0.5) is 0 Å². The Balaban J connectivity index is 3.19. The molecule has 0 bridgehead atoms. The van der Waals surface area contributed by atoms with Crippen LogP contribution in [0.15, 0.2) is 36.0 Å². The molecule has 2 aliphatic carbocycles. The maximum Gasteiger partial charge on any atom is 0.333 e. The van der Waals surface area contributed by atoms with Crippen LogP contribution in [0.3, 0.4) is 0 Å². The zero-order chi connectivity index (χ0) is 38.5. The molecule has 0 aromatic heterocycles. The summed E-state index contributed by atoms with van der Waals surface area (Å²) in [4.78, 5) is 104. The fraction of sp³-hybridized carbons (Fsp3) is 0.600. The van der Waals surface area contributed by atoms with E-state index in [1.54, 1.807) is 0 Å². The van der Waals surface area contributed by atoms with Gasteiger partial charge < -0.3 is 33.5 Å². The minimum absolute atomic E-state index is 0.253. The van der Waals surface area contributed by atoms with Crippen LogP contribution in [0.2, 0.25) is 0 Å². The number of rotatable bonds is 9. The van der Waals surface area contributed by atoms with Crippen molar-refractivity contribution in [2.45, 2.75) is 111 Å². The molecule has 0 aromatic carbocycles. The van der Waals surface area contributed by atoms with E-state index < -0.39 is 119 Å². The summed E-state index contributed by atoms with van der Waals surface area (Å²) in [7, 11) is 0. The Morgan fingerprint density at radius 3 is 1.80 bits per heavy atom. The molecule has 50 heavy (non-hydrogen) atoms. The Hall–Kier alpha value is -4.66. The van der Waals surface area contributed by atoms with Crippen molar-refractivity contribution in [3.63, 3.8) is 0 Å². The first kappa shape index (κ1) is 41.5. The van der Waals surface area contributed by atoms with Crippen LogP contribution in [-0.4, -0.2) is 94.7 Å². The third kappa shape index (κ3) is 9.11. The fourth-order valence-electron chi connectivity index (χ4n) is 6.52. The van der Waals surface area contributed by atoms with Crippen molar-refractivity contribution < 1.29 is 71.9 Å². The number of ketones is 2. The molecule has 0 aromatic rings. The van der Waals surface area contributed by atoms with Crippen molar-refractivity contribution in [1.82, 2.24) is 0 Å². The molecule has 8 unspecified atom stereocenters. The lowest BCUT2D eigenvalue weighted by Crippen LogP contribution is -2.58. The van der Waals surface area contributed by atoms with E-state index in [0.717, 1.165) is 34.6 Å². The molecule has 0 heterocycles. The number of ether oxygens (including phenoxy) is 6. The molecule has 15 heteroatoms. The average Bonchev–Trinajstić information content (AvgIpc) is 3.19.